The standard InChI is InChI=1S/C23H31N3O3/c1-25(2)19-8-6-18(7-9-19)22(26-14-4-5-15-26)16-24-23(27)17-29-21-12-10-20(28-3)11-13-21/h6-13,22H,4-5,14-17H2,1-3H3,(H,24,27)/t22-/m1/s1. The van der Waals surface area contributed by atoms with Crippen molar-refractivity contribution in [2.45, 2.75) is 18.9 Å². The molecule has 29 heavy (non-hydrogen) atoms. The highest BCUT2D eigenvalue weighted by molar-refractivity contribution is 5.77. The maximum Gasteiger partial charge on any atom is 0.258 e. The van der Waals surface area contributed by atoms with Crippen molar-refractivity contribution in [2.75, 3.05) is 52.3 Å². The number of hydrogen-bond acceptors (Lipinski definition) is 5. The van der Waals surface area contributed by atoms with E-state index in [-0.39, 0.29) is 18.6 Å². The molecule has 6 heteroatoms. The summed E-state index contributed by atoms with van der Waals surface area (Å²) < 4.78 is 10.7. The number of methoxy groups -OCH3 is 1. The molecule has 2 aromatic rings. The first-order chi connectivity index (χ1) is 14.1. The predicted octanol–water partition coefficient (Wildman–Crippen LogP) is 3.09. The van der Waals surface area contributed by atoms with E-state index >= 15 is 0 Å². The molecule has 156 valence electrons. The lowest BCUT2D eigenvalue weighted by molar-refractivity contribution is -0.123. The van der Waals surface area contributed by atoms with Gasteiger partial charge in [0, 0.05) is 26.3 Å². The van der Waals surface area contributed by atoms with E-state index in [4.69, 9.17) is 9.47 Å². The normalized spacial score (nSPS) is 15.0. The topological polar surface area (TPSA) is 54.0 Å². The highest BCUT2D eigenvalue weighted by atomic mass is 16.5. The zero-order valence-corrected chi connectivity index (χ0v) is 17.6. The molecular weight excluding hydrogens is 366 g/mol. The molecular formula is C23H31N3O3. The van der Waals surface area contributed by atoms with Crippen LogP contribution in [0.1, 0.15) is 24.4 Å². The second-order valence-corrected chi connectivity index (χ2v) is 7.51. The number of carbonyl (C=O) groups is 1. The van der Waals surface area contributed by atoms with Gasteiger partial charge in [0.1, 0.15) is 11.5 Å². The van der Waals surface area contributed by atoms with Crippen molar-refractivity contribution in [1.82, 2.24) is 10.2 Å². The zero-order chi connectivity index (χ0) is 20.6. The van der Waals surface area contributed by atoms with Gasteiger partial charge >= 0.3 is 0 Å². The molecule has 1 saturated heterocycles. The van der Waals surface area contributed by atoms with E-state index in [0.29, 0.717) is 12.3 Å². The van der Waals surface area contributed by atoms with Crippen molar-refractivity contribution < 1.29 is 14.3 Å². The van der Waals surface area contributed by atoms with Crippen LogP contribution in [0.25, 0.3) is 0 Å². The summed E-state index contributed by atoms with van der Waals surface area (Å²) in [5, 5.41) is 3.05. The van der Waals surface area contributed by atoms with Crippen LogP contribution in [0.2, 0.25) is 0 Å². The Kier molecular flexibility index (Phi) is 7.36. The Morgan fingerprint density at radius 3 is 2.24 bits per heavy atom. The van der Waals surface area contributed by atoms with Crippen LogP contribution in [0.3, 0.4) is 0 Å². The number of nitrogens with zero attached hydrogens (tertiary/aromatic N) is 2. The first kappa shape index (κ1) is 21.0. The van der Waals surface area contributed by atoms with Crippen LogP contribution >= 0.6 is 0 Å². The predicted molar refractivity (Wildman–Crippen MR) is 116 cm³/mol. The van der Waals surface area contributed by atoms with Gasteiger partial charge in [-0.1, -0.05) is 12.1 Å². The van der Waals surface area contributed by atoms with Gasteiger partial charge in [-0.25, -0.2) is 0 Å². The van der Waals surface area contributed by atoms with E-state index in [2.05, 4.69) is 39.4 Å². The van der Waals surface area contributed by atoms with Crippen molar-refractivity contribution in [3.05, 3.63) is 54.1 Å². The Balaban J connectivity index is 1.56. The van der Waals surface area contributed by atoms with Gasteiger partial charge in [-0.3, -0.25) is 9.69 Å². The summed E-state index contributed by atoms with van der Waals surface area (Å²) >= 11 is 0. The summed E-state index contributed by atoms with van der Waals surface area (Å²) in [5.41, 5.74) is 2.40. The second kappa shape index (κ2) is 10.2. The van der Waals surface area contributed by atoms with E-state index in [1.54, 1.807) is 19.2 Å². The fourth-order valence-corrected chi connectivity index (χ4v) is 3.59. The lowest BCUT2D eigenvalue weighted by Crippen LogP contribution is -2.38. The average molecular weight is 398 g/mol. The first-order valence-electron chi connectivity index (χ1n) is 10.1. The maximum atomic E-state index is 12.3. The fraction of sp³-hybridized carbons (Fsp3) is 0.435. The van der Waals surface area contributed by atoms with Gasteiger partial charge in [-0.2, -0.15) is 0 Å². The van der Waals surface area contributed by atoms with E-state index in [9.17, 15) is 4.79 Å². The molecule has 6 nitrogen and oxygen atoms in total. The molecule has 3 rings (SSSR count). The fourth-order valence-electron chi connectivity index (χ4n) is 3.59. The summed E-state index contributed by atoms with van der Waals surface area (Å²) in [5.74, 6) is 1.29. The number of likely N-dealkylation sites (tertiary alicyclic amines) is 1. The molecule has 0 saturated carbocycles. The summed E-state index contributed by atoms with van der Waals surface area (Å²) in [6, 6.07) is 16.0. The number of amides is 1. The van der Waals surface area contributed by atoms with Crippen LogP contribution in [-0.4, -0.2) is 58.3 Å². The van der Waals surface area contributed by atoms with Crippen LogP contribution in [0.5, 0.6) is 11.5 Å². The van der Waals surface area contributed by atoms with Gasteiger partial charge in [-0.15, -0.1) is 0 Å². The first-order valence-corrected chi connectivity index (χ1v) is 10.1. The molecule has 1 N–H and O–H groups in total. The van der Waals surface area contributed by atoms with Crippen LogP contribution in [0, 0.1) is 0 Å². The third-order valence-corrected chi connectivity index (χ3v) is 5.30. The summed E-state index contributed by atoms with van der Waals surface area (Å²) in [6.45, 7) is 2.71. The highest BCUT2D eigenvalue weighted by Crippen LogP contribution is 2.26. The van der Waals surface area contributed by atoms with Gasteiger partial charge in [0.25, 0.3) is 5.91 Å². The van der Waals surface area contributed by atoms with E-state index in [1.807, 2.05) is 26.2 Å². The Morgan fingerprint density at radius 2 is 1.66 bits per heavy atom. The van der Waals surface area contributed by atoms with Crippen molar-refractivity contribution >= 4 is 11.6 Å². The lowest BCUT2D eigenvalue weighted by Gasteiger charge is -2.28. The van der Waals surface area contributed by atoms with Gasteiger partial charge in [0.15, 0.2) is 6.61 Å². The largest absolute Gasteiger partial charge is 0.497 e. The number of ether oxygens (including phenoxy) is 2. The van der Waals surface area contributed by atoms with Crippen LogP contribution in [0.4, 0.5) is 5.69 Å². The van der Waals surface area contributed by atoms with Crippen molar-refractivity contribution in [1.29, 1.82) is 0 Å². The number of hydrogen-bond donors (Lipinski definition) is 1. The van der Waals surface area contributed by atoms with Crippen molar-refractivity contribution in [3.8, 4) is 11.5 Å². The quantitative estimate of drug-likeness (QED) is 0.705. The number of nitrogens with one attached hydrogen (secondary N) is 1. The lowest BCUT2D eigenvalue weighted by atomic mass is 10.0. The molecule has 1 aliphatic heterocycles. The maximum absolute atomic E-state index is 12.3. The summed E-state index contributed by atoms with van der Waals surface area (Å²) in [6.07, 6.45) is 2.42. The molecule has 1 fully saturated rings. The molecule has 0 unspecified atom stereocenters. The van der Waals surface area contributed by atoms with Crippen LogP contribution in [-0.2, 0) is 4.79 Å². The number of rotatable bonds is 9. The molecule has 0 spiro atoms. The number of carbonyl (C=O) groups excluding carboxylic acids is 1. The molecule has 0 radical (unpaired) electrons. The van der Waals surface area contributed by atoms with Crippen LogP contribution < -0.4 is 19.7 Å². The Hall–Kier alpha value is -2.73. The SMILES string of the molecule is COc1ccc(OCC(=O)NC[C@H](c2ccc(N(C)C)cc2)N2CCCC2)cc1. The second-order valence-electron chi connectivity index (χ2n) is 7.51. The molecule has 1 amide bonds. The molecule has 0 bridgehead atoms. The minimum Gasteiger partial charge on any atom is -0.497 e. The minimum atomic E-state index is -0.116. The Bertz CT molecular complexity index is 769. The van der Waals surface area contributed by atoms with E-state index in [1.165, 1.54) is 24.1 Å². The average Bonchev–Trinajstić information content (AvgIpc) is 3.27. The van der Waals surface area contributed by atoms with Crippen LogP contribution in [0.15, 0.2) is 48.5 Å². The Morgan fingerprint density at radius 1 is 1.03 bits per heavy atom. The molecule has 1 heterocycles. The third-order valence-electron chi connectivity index (χ3n) is 5.30. The Labute approximate surface area is 173 Å². The van der Waals surface area contributed by atoms with Gasteiger partial charge in [-0.05, 0) is 67.9 Å². The third kappa shape index (κ3) is 5.87. The molecule has 1 aliphatic rings. The van der Waals surface area contributed by atoms with Gasteiger partial charge in [0.05, 0.1) is 13.2 Å². The summed E-state index contributed by atoms with van der Waals surface area (Å²) in [4.78, 5) is 16.9. The van der Waals surface area contributed by atoms with Gasteiger partial charge in [0.2, 0.25) is 0 Å². The monoisotopic (exact) mass is 397 g/mol. The number of anilines is 1. The molecule has 1 atom stereocenters. The molecule has 0 aromatic heterocycles. The molecule has 2 aromatic carbocycles. The minimum absolute atomic E-state index is 0.00137. The highest BCUT2D eigenvalue weighted by Gasteiger charge is 2.24. The van der Waals surface area contributed by atoms with E-state index < -0.39 is 0 Å². The van der Waals surface area contributed by atoms with E-state index in [0.717, 1.165) is 18.8 Å². The van der Waals surface area contributed by atoms with Gasteiger partial charge < -0.3 is 19.7 Å². The summed E-state index contributed by atoms with van der Waals surface area (Å²) in [7, 11) is 5.69. The smallest absolute Gasteiger partial charge is 0.258 e. The van der Waals surface area contributed by atoms with Crippen molar-refractivity contribution in [3.63, 3.8) is 0 Å². The van der Waals surface area contributed by atoms with Crippen molar-refractivity contribution in [2.24, 2.45) is 0 Å². The molecule has 0 aliphatic carbocycles. The number of benzene rings is 2. The zero-order valence-electron chi connectivity index (χ0n) is 17.6.